The van der Waals surface area contributed by atoms with E-state index in [1.165, 1.54) is 0 Å². The zero-order valence-corrected chi connectivity index (χ0v) is 24.2. The minimum Gasteiger partial charge on any atom is -0.454 e. The van der Waals surface area contributed by atoms with Gasteiger partial charge in [0.15, 0.2) is 11.5 Å². The summed E-state index contributed by atoms with van der Waals surface area (Å²) in [4.78, 5) is 49.4. The van der Waals surface area contributed by atoms with Crippen LogP contribution >= 0.6 is 0 Å². The molecule has 5 heterocycles. The van der Waals surface area contributed by atoms with Crippen molar-refractivity contribution >= 4 is 28.8 Å². The highest BCUT2D eigenvalue weighted by Gasteiger charge is 2.48. The third kappa shape index (κ3) is 4.62. The third-order valence-corrected chi connectivity index (χ3v) is 8.80. The molecule has 220 valence electrons. The van der Waals surface area contributed by atoms with E-state index in [4.69, 9.17) is 14.2 Å². The average Bonchev–Trinajstić information content (AvgIpc) is 3.58. The number of hydrogen-bond acceptors (Lipinski definition) is 6. The first-order chi connectivity index (χ1) is 20.2. The van der Waals surface area contributed by atoms with Crippen molar-refractivity contribution in [2.75, 3.05) is 33.0 Å². The molecule has 0 bridgehead atoms. The Kier molecular flexibility index (Phi) is 6.32. The molecule has 2 saturated heterocycles. The molecule has 4 aliphatic heterocycles. The number of rotatable bonds is 3. The molecule has 0 spiro atoms. The maximum atomic E-state index is 14.1. The topological polar surface area (TPSA) is 104 Å². The van der Waals surface area contributed by atoms with E-state index >= 15 is 0 Å². The van der Waals surface area contributed by atoms with Crippen LogP contribution in [-0.4, -0.2) is 82.2 Å². The van der Waals surface area contributed by atoms with Gasteiger partial charge in [-0.05, 0) is 68.9 Å². The lowest BCUT2D eigenvalue weighted by molar-refractivity contribution is -0.159. The van der Waals surface area contributed by atoms with Gasteiger partial charge in [0, 0.05) is 42.7 Å². The fraction of sp³-hybridized carbons (Fsp3) is 0.469. The number of piperazine rings is 1. The van der Waals surface area contributed by atoms with Crippen LogP contribution in [0.4, 0.5) is 4.79 Å². The van der Waals surface area contributed by atoms with E-state index in [1.807, 2.05) is 57.2 Å². The van der Waals surface area contributed by atoms with Gasteiger partial charge in [0.05, 0.1) is 12.6 Å². The largest absolute Gasteiger partial charge is 0.454 e. The summed E-state index contributed by atoms with van der Waals surface area (Å²) in [6.45, 7) is 7.46. The lowest BCUT2D eigenvalue weighted by atomic mass is 9.85. The fourth-order valence-corrected chi connectivity index (χ4v) is 6.84. The Morgan fingerprint density at radius 1 is 1.05 bits per heavy atom. The second-order valence-electron chi connectivity index (χ2n) is 12.7. The number of carbonyl (C=O) groups is 3. The van der Waals surface area contributed by atoms with Crippen LogP contribution in [0.15, 0.2) is 42.5 Å². The summed E-state index contributed by atoms with van der Waals surface area (Å²) in [5, 5.41) is 1.07. The highest BCUT2D eigenvalue weighted by molar-refractivity contribution is 5.97. The van der Waals surface area contributed by atoms with Gasteiger partial charge >= 0.3 is 6.09 Å². The van der Waals surface area contributed by atoms with Crippen molar-refractivity contribution in [3.63, 3.8) is 0 Å². The molecular formula is C32H36N4O6. The minimum absolute atomic E-state index is 0.0224. The molecule has 1 N–H and O–H groups in total. The predicted octanol–water partition coefficient (Wildman–Crippen LogP) is 4.23. The standard InChI is InChI=1S/C32H36N4O6/c1-32(2,3)42-31(39)34-12-10-19(11-13-34)16-35-17-27(37)36-24(30(35)38)15-22-21-6-4-5-7-23(21)33-28(22)29(36)20-8-9-25-26(14-20)41-18-40-25/h4-9,14,19,24,29,33H,10-13,15-18H2,1-3H3. The summed E-state index contributed by atoms with van der Waals surface area (Å²) < 4.78 is 16.7. The molecule has 1 aromatic heterocycles. The normalized spacial score (nSPS) is 22.4. The number of amides is 3. The van der Waals surface area contributed by atoms with Crippen LogP contribution in [0.1, 0.15) is 56.5 Å². The van der Waals surface area contributed by atoms with E-state index in [0.29, 0.717) is 37.6 Å². The number of carbonyl (C=O) groups excluding carboxylic acids is 3. The lowest BCUT2D eigenvalue weighted by Crippen LogP contribution is -2.63. The number of aromatic amines is 1. The highest BCUT2D eigenvalue weighted by atomic mass is 16.7. The van der Waals surface area contributed by atoms with Crippen LogP contribution in [-0.2, 0) is 20.7 Å². The first-order valence-electron chi connectivity index (χ1n) is 14.7. The molecule has 3 aromatic rings. The molecule has 4 aliphatic rings. The van der Waals surface area contributed by atoms with Gasteiger partial charge in [-0.15, -0.1) is 0 Å². The number of aromatic nitrogens is 1. The summed E-state index contributed by atoms with van der Waals surface area (Å²) in [6.07, 6.45) is 1.68. The molecule has 2 unspecified atom stereocenters. The zero-order chi connectivity index (χ0) is 29.2. The molecule has 0 aliphatic carbocycles. The number of likely N-dealkylation sites (tertiary alicyclic amines) is 1. The van der Waals surface area contributed by atoms with E-state index in [-0.39, 0.29) is 37.2 Å². The molecule has 2 atom stereocenters. The van der Waals surface area contributed by atoms with E-state index in [1.54, 1.807) is 14.7 Å². The van der Waals surface area contributed by atoms with Crippen molar-refractivity contribution < 1.29 is 28.6 Å². The summed E-state index contributed by atoms with van der Waals surface area (Å²) >= 11 is 0. The van der Waals surface area contributed by atoms with Gasteiger partial charge in [-0.1, -0.05) is 24.3 Å². The monoisotopic (exact) mass is 572 g/mol. The number of benzene rings is 2. The average molecular weight is 573 g/mol. The van der Waals surface area contributed by atoms with Crippen LogP contribution in [0.25, 0.3) is 10.9 Å². The highest BCUT2D eigenvalue weighted by Crippen LogP contribution is 2.45. The van der Waals surface area contributed by atoms with E-state index in [0.717, 1.165) is 40.6 Å². The predicted molar refractivity (Wildman–Crippen MR) is 154 cm³/mol. The Morgan fingerprint density at radius 2 is 1.81 bits per heavy atom. The minimum atomic E-state index is -0.602. The zero-order valence-electron chi connectivity index (χ0n) is 24.2. The Balaban J connectivity index is 1.15. The van der Waals surface area contributed by atoms with Crippen LogP contribution in [0.5, 0.6) is 11.5 Å². The Labute approximate surface area is 244 Å². The van der Waals surface area contributed by atoms with E-state index in [2.05, 4.69) is 11.1 Å². The van der Waals surface area contributed by atoms with Gasteiger partial charge in [0.1, 0.15) is 11.6 Å². The summed E-state index contributed by atoms with van der Waals surface area (Å²) in [5.41, 5.74) is 3.34. The first kappa shape index (κ1) is 26.7. The smallest absolute Gasteiger partial charge is 0.410 e. The van der Waals surface area contributed by atoms with E-state index < -0.39 is 17.7 Å². The van der Waals surface area contributed by atoms with Gasteiger partial charge in [0.2, 0.25) is 18.6 Å². The maximum Gasteiger partial charge on any atom is 0.410 e. The molecule has 10 heteroatoms. The molecule has 0 saturated carbocycles. The second-order valence-corrected chi connectivity index (χ2v) is 12.7. The first-order valence-corrected chi connectivity index (χ1v) is 14.7. The van der Waals surface area contributed by atoms with E-state index in [9.17, 15) is 14.4 Å². The van der Waals surface area contributed by atoms with Crippen molar-refractivity contribution in [3.05, 3.63) is 59.3 Å². The van der Waals surface area contributed by atoms with Gasteiger partial charge in [0.25, 0.3) is 0 Å². The number of para-hydroxylation sites is 1. The Morgan fingerprint density at radius 3 is 2.60 bits per heavy atom. The maximum absolute atomic E-state index is 14.1. The van der Waals surface area contributed by atoms with Gasteiger partial charge < -0.3 is 33.9 Å². The third-order valence-electron chi connectivity index (χ3n) is 8.80. The van der Waals surface area contributed by atoms with Crippen molar-refractivity contribution in [1.82, 2.24) is 19.7 Å². The van der Waals surface area contributed by atoms with Gasteiger partial charge in [-0.25, -0.2) is 4.79 Å². The quantitative estimate of drug-likeness (QED) is 0.504. The molecule has 7 rings (SSSR count). The summed E-state index contributed by atoms with van der Waals surface area (Å²) in [6, 6.07) is 12.8. The van der Waals surface area contributed by atoms with Crippen LogP contribution in [0, 0.1) is 5.92 Å². The summed E-state index contributed by atoms with van der Waals surface area (Å²) in [5.74, 6) is 1.43. The van der Waals surface area contributed by atoms with Crippen LogP contribution in [0.3, 0.4) is 0 Å². The number of hydrogen-bond donors (Lipinski definition) is 1. The van der Waals surface area contributed by atoms with Gasteiger partial charge in [-0.2, -0.15) is 0 Å². The lowest BCUT2D eigenvalue weighted by Gasteiger charge is -2.48. The molecule has 2 aromatic carbocycles. The molecule has 42 heavy (non-hydrogen) atoms. The molecular weight excluding hydrogens is 536 g/mol. The van der Waals surface area contributed by atoms with Crippen molar-refractivity contribution in [2.24, 2.45) is 5.92 Å². The molecule has 2 fully saturated rings. The molecule has 3 amide bonds. The van der Waals surface area contributed by atoms with Gasteiger partial charge in [-0.3, -0.25) is 9.59 Å². The number of ether oxygens (including phenoxy) is 3. The van der Waals surface area contributed by atoms with Crippen LogP contribution < -0.4 is 9.47 Å². The number of piperidine rings is 1. The molecule has 10 nitrogen and oxygen atoms in total. The van der Waals surface area contributed by atoms with Crippen molar-refractivity contribution in [1.29, 1.82) is 0 Å². The molecule has 0 radical (unpaired) electrons. The van der Waals surface area contributed by atoms with Crippen molar-refractivity contribution in [3.8, 4) is 11.5 Å². The Hall–Kier alpha value is -4.21. The fourth-order valence-electron chi connectivity index (χ4n) is 6.84. The summed E-state index contributed by atoms with van der Waals surface area (Å²) in [7, 11) is 0. The Bertz CT molecular complexity index is 1570. The number of H-pyrrole nitrogens is 1. The SMILES string of the molecule is CC(C)(C)OC(=O)N1CCC(CN2CC(=O)N3C(Cc4c([nH]c5ccccc45)C3c3ccc4c(c3)OCO4)C2=O)CC1. The second kappa shape index (κ2) is 9.96. The number of nitrogens with one attached hydrogen (secondary N) is 1. The van der Waals surface area contributed by atoms with Crippen molar-refractivity contribution in [2.45, 2.75) is 57.7 Å². The van der Waals surface area contributed by atoms with Crippen LogP contribution in [0.2, 0.25) is 0 Å². The number of fused-ring (bicyclic) bond motifs is 5. The number of nitrogens with zero attached hydrogens (tertiary/aromatic N) is 3.